The highest BCUT2D eigenvalue weighted by molar-refractivity contribution is 5.86. The zero-order chi connectivity index (χ0) is 23.1. The van der Waals surface area contributed by atoms with E-state index in [9.17, 15) is 14.4 Å². The van der Waals surface area contributed by atoms with Gasteiger partial charge in [-0.25, -0.2) is 4.79 Å². The van der Waals surface area contributed by atoms with Crippen molar-refractivity contribution >= 4 is 18.0 Å². The van der Waals surface area contributed by atoms with E-state index in [1.165, 1.54) is 6.08 Å². The molecule has 0 fully saturated rings. The summed E-state index contributed by atoms with van der Waals surface area (Å²) in [4.78, 5) is 36.0. The minimum absolute atomic E-state index is 0.0835. The zero-order valence-electron chi connectivity index (χ0n) is 18.0. The number of carbonyl (C=O) groups is 3. The first-order chi connectivity index (χ1) is 15.4. The van der Waals surface area contributed by atoms with Gasteiger partial charge in [-0.3, -0.25) is 9.59 Å². The molecule has 32 heavy (non-hydrogen) atoms. The Morgan fingerprint density at radius 1 is 1.06 bits per heavy atom. The van der Waals surface area contributed by atoms with Crippen LogP contribution in [0.3, 0.4) is 0 Å². The van der Waals surface area contributed by atoms with Crippen molar-refractivity contribution in [3.63, 3.8) is 0 Å². The summed E-state index contributed by atoms with van der Waals surface area (Å²) in [5.41, 5.74) is 4.46. The van der Waals surface area contributed by atoms with Gasteiger partial charge in [0.15, 0.2) is 0 Å². The third-order valence-electron chi connectivity index (χ3n) is 5.61. The molecule has 0 aliphatic heterocycles. The first-order valence-electron chi connectivity index (χ1n) is 10.7. The molecule has 2 aromatic rings. The molecule has 3 N–H and O–H groups in total. The van der Waals surface area contributed by atoms with Crippen molar-refractivity contribution in [2.45, 2.75) is 44.2 Å². The number of aliphatic carboxylic acids is 1. The Balaban J connectivity index is 1.63. The van der Waals surface area contributed by atoms with Gasteiger partial charge < -0.3 is 20.5 Å². The van der Waals surface area contributed by atoms with Crippen LogP contribution >= 0.6 is 0 Å². The topological polar surface area (TPSA) is 105 Å². The normalized spacial score (nSPS) is 13.9. The van der Waals surface area contributed by atoms with Crippen LogP contribution in [-0.2, 0) is 14.3 Å². The highest BCUT2D eigenvalue weighted by atomic mass is 16.5. The molecule has 2 atom stereocenters. The van der Waals surface area contributed by atoms with Gasteiger partial charge in [0.1, 0.15) is 12.6 Å². The van der Waals surface area contributed by atoms with Crippen molar-refractivity contribution in [3.05, 3.63) is 72.3 Å². The number of amides is 2. The highest BCUT2D eigenvalue weighted by Crippen LogP contribution is 2.44. The SMILES string of the molecule is C=CCC(NC(=O)OCC1c2ccccc2-c2ccccc21)C(=O)N[C@@H](CC)CC(=O)O. The van der Waals surface area contributed by atoms with Crippen molar-refractivity contribution in [3.8, 4) is 11.1 Å². The largest absolute Gasteiger partial charge is 0.481 e. The molecule has 3 rings (SSSR count). The highest BCUT2D eigenvalue weighted by Gasteiger charge is 2.30. The maximum atomic E-state index is 12.6. The van der Waals surface area contributed by atoms with Crippen LogP contribution in [-0.4, -0.2) is 41.8 Å². The van der Waals surface area contributed by atoms with Gasteiger partial charge in [-0.05, 0) is 35.1 Å². The molecule has 7 heteroatoms. The maximum absolute atomic E-state index is 12.6. The van der Waals surface area contributed by atoms with Crippen LogP contribution in [0.5, 0.6) is 0 Å². The van der Waals surface area contributed by atoms with Crippen LogP contribution in [0.1, 0.15) is 43.2 Å². The molecular weight excluding hydrogens is 408 g/mol. The standard InChI is InChI=1S/C25H28N2O5/c1-3-9-22(24(30)26-16(4-2)14-23(28)29)27-25(31)32-15-21-19-12-7-5-10-17(19)18-11-6-8-13-20(18)21/h3,5-8,10-13,16,21-22H,1,4,9,14-15H2,2H3,(H,26,30)(H,27,31)(H,28,29)/t16-,22?/m0/s1. The van der Waals surface area contributed by atoms with Crippen molar-refractivity contribution < 1.29 is 24.2 Å². The lowest BCUT2D eigenvalue weighted by Crippen LogP contribution is -2.50. The van der Waals surface area contributed by atoms with Gasteiger partial charge >= 0.3 is 12.1 Å². The van der Waals surface area contributed by atoms with E-state index in [0.29, 0.717) is 6.42 Å². The molecule has 2 amide bonds. The summed E-state index contributed by atoms with van der Waals surface area (Å²) >= 11 is 0. The predicted octanol–water partition coefficient (Wildman–Crippen LogP) is 3.84. The fourth-order valence-corrected chi connectivity index (χ4v) is 3.99. The van der Waals surface area contributed by atoms with E-state index in [4.69, 9.17) is 9.84 Å². The number of rotatable bonds is 10. The number of carboxylic acids is 1. The monoisotopic (exact) mass is 436 g/mol. The summed E-state index contributed by atoms with van der Waals surface area (Å²) in [6, 6.07) is 14.6. The summed E-state index contributed by atoms with van der Waals surface area (Å²) in [6.45, 7) is 5.56. The van der Waals surface area contributed by atoms with Crippen molar-refractivity contribution in [2.75, 3.05) is 6.61 Å². The van der Waals surface area contributed by atoms with Crippen LogP contribution in [0.4, 0.5) is 4.79 Å². The smallest absolute Gasteiger partial charge is 0.407 e. The second-order valence-electron chi connectivity index (χ2n) is 7.76. The van der Waals surface area contributed by atoms with E-state index in [1.807, 2.05) is 36.4 Å². The zero-order valence-corrected chi connectivity index (χ0v) is 18.0. The molecule has 1 unspecified atom stereocenters. The van der Waals surface area contributed by atoms with Crippen LogP contribution in [0, 0.1) is 0 Å². The van der Waals surface area contributed by atoms with Gasteiger partial charge in [-0.15, -0.1) is 6.58 Å². The number of carboxylic acid groups (broad SMARTS) is 1. The second kappa shape index (κ2) is 10.6. The molecule has 1 aliphatic carbocycles. The summed E-state index contributed by atoms with van der Waals surface area (Å²) in [5, 5.41) is 14.2. The Kier molecular flexibility index (Phi) is 7.65. The van der Waals surface area contributed by atoms with Gasteiger partial charge in [-0.2, -0.15) is 0 Å². The van der Waals surface area contributed by atoms with Gasteiger partial charge in [0, 0.05) is 12.0 Å². The van der Waals surface area contributed by atoms with Crippen LogP contribution in [0.25, 0.3) is 11.1 Å². The number of hydrogen-bond donors (Lipinski definition) is 3. The number of carbonyl (C=O) groups excluding carboxylic acids is 2. The summed E-state index contributed by atoms with van der Waals surface area (Å²) in [7, 11) is 0. The fraction of sp³-hybridized carbons (Fsp3) is 0.320. The molecule has 0 aromatic heterocycles. The van der Waals surface area contributed by atoms with Crippen LogP contribution < -0.4 is 10.6 Å². The maximum Gasteiger partial charge on any atom is 0.407 e. The van der Waals surface area contributed by atoms with Crippen molar-refractivity contribution in [2.24, 2.45) is 0 Å². The predicted molar refractivity (Wildman–Crippen MR) is 121 cm³/mol. The van der Waals surface area contributed by atoms with E-state index in [-0.39, 0.29) is 25.4 Å². The number of alkyl carbamates (subject to hydrolysis) is 1. The molecule has 0 saturated heterocycles. The third-order valence-corrected chi connectivity index (χ3v) is 5.61. The van der Waals surface area contributed by atoms with Crippen molar-refractivity contribution in [1.29, 1.82) is 0 Å². The number of fused-ring (bicyclic) bond motifs is 3. The van der Waals surface area contributed by atoms with E-state index in [1.54, 1.807) is 6.92 Å². The first-order valence-corrected chi connectivity index (χ1v) is 10.7. The van der Waals surface area contributed by atoms with E-state index in [2.05, 4.69) is 29.3 Å². The molecule has 0 bridgehead atoms. The van der Waals surface area contributed by atoms with Gasteiger partial charge in [0.2, 0.25) is 5.91 Å². The number of hydrogen-bond acceptors (Lipinski definition) is 4. The Hall–Kier alpha value is -3.61. The van der Waals surface area contributed by atoms with E-state index >= 15 is 0 Å². The van der Waals surface area contributed by atoms with Crippen LogP contribution in [0.15, 0.2) is 61.2 Å². The summed E-state index contributed by atoms with van der Waals surface area (Å²) in [5.74, 6) is -1.55. The Bertz CT molecular complexity index is 958. The fourth-order valence-electron chi connectivity index (χ4n) is 3.99. The molecule has 2 aromatic carbocycles. The number of ether oxygens (including phenoxy) is 1. The lowest BCUT2D eigenvalue weighted by Gasteiger charge is -2.21. The quantitative estimate of drug-likeness (QED) is 0.491. The summed E-state index contributed by atoms with van der Waals surface area (Å²) in [6.07, 6.45) is 1.28. The van der Waals surface area contributed by atoms with Crippen molar-refractivity contribution in [1.82, 2.24) is 10.6 Å². The van der Waals surface area contributed by atoms with Crippen LogP contribution in [0.2, 0.25) is 0 Å². The second-order valence-corrected chi connectivity index (χ2v) is 7.76. The van der Waals surface area contributed by atoms with Gasteiger partial charge in [-0.1, -0.05) is 61.5 Å². The minimum atomic E-state index is -0.998. The summed E-state index contributed by atoms with van der Waals surface area (Å²) < 4.78 is 5.50. The lowest BCUT2D eigenvalue weighted by molar-refractivity contribution is -0.137. The molecule has 1 aliphatic rings. The Morgan fingerprint density at radius 3 is 2.19 bits per heavy atom. The minimum Gasteiger partial charge on any atom is -0.481 e. The van der Waals surface area contributed by atoms with Gasteiger partial charge in [0.05, 0.1) is 6.42 Å². The third kappa shape index (κ3) is 5.35. The number of nitrogens with one attached hydrogen (secondary N) is 2. The molecule has 0 saturated carbocycles. The first kappa shape index (κ1) is 23.1. The molecule has 0 radical (unpaired) electrons. The Morgan fingerprint density at radius 2 is 1.66 bits per heavy atom. The lowest BCUT2D eigenvalue weighted by atomic mass is 9.98. The van der Waals surface area contributed by atoms with Gasteiger partial charge in [0.25, 0.3) is 0 Å². The molecular formula is C25H28N2O5. The average Bonchev–Trinajstić information content (AvgIpc) is 3.10. The van der Waals surface area contributed by atoms with E-state index in [0.717, 1.165) is 22.3 Å². The Labute approximate surface area is 187 Å². The molecule has 0 spiro atoms. The number of benzene rings is 2. The average molecular weight is 437 g/mol. The van der Waals surface area contributed by atoms with E-state index < -0.39 is 30.1 Å². The molecule has 0 heterocycles. The molecule has 7 nitrogen and oxygen atoms in total. The molecule has 168 valence electrons.